The maximum absolute atomic E-state index is 13.1. The Hall–Kier alpha value is -2.55. The summed E-state index contributed by atoms with van der Waals surface area (Å²) < 4.78 is 10.3. The number of ether oxygens (including phenoxy) is 2. The van der Waals surface area contributed by atoms with Crippen molar-refractivity contribution >= 4 is 81.3 Å². The van der Waals surface area contributed by atoms with E-state index in [4.69, 9.17) is 68.1 Å². The highest BCUT2D eigenvalue weighted by Crippen LogP contribution is 2.32. The molecule has 188 valence electrons. The van der Waals surface area contributed by atoms with Crippen molar-refractivity contribution in [1.82, 2.24) is 5.32 Å². The summed E-state index contributed by atoms with van der Waals surface area (Å²) in [7, 11) is 1.39. The van der Waals surface area contributed by atoms with E-state index in [9.17, 15) is 9.59 Å². The van der Waals surface area contributed by atoms with Crippen LogP contribution >= 0.6 is 58.6 Å². The average molecular weight is 586 g/mol. The first-order valence-electron chi connectivity index (χ1n) is 10.5. The second kappa shape index (κ2) is 12.6. The van der Waals surface area contributed by atoms with Crippen LogP contribution in [0.4, 0.5) is 5.69 Å². The Morgan fingerprint density at radius 1 is 0.944 bits per heavy atom. The third-order valence-electron chi connectivity index (χ3n) is 4.96. The molecule has 0 spiro atoms. The molecule has 3 aromatic carbocycles. The number of thiocarbonyl (C=S) groups is 1. The Bertz CT molecular complexity index is 1300. The first-order chi connectivity index (χ1) is 17.1. The summed E-state index contributed by atoms with van der Waals surface area (Å²) >= 11 is 30.3. The molecule has 0 bridgehead atoms. The lowest BCUT2D eigenvalue weighted by atomic mass is 10.1. The number of hydrogen-bond acceptors (Lipinski definition) is 5. The lowest BCUT2D eigenvalue weighted by Crippen LogP contribution is -2.42. The zero-order chi connectivity index (χ0) is 26.4. The molecule has 0 aliphatic heterocycles. The van der Waals surface area contributed by atoms with Crippen LogP contribution in [0.25, 0.3) is 0 Å². The molecule has 3 rings (SSSR count). The standard InChI is InChI=1S/C25H20Cl4N2O4S/c1-3-35-24(33)14-5-8-18(9-6-14)31(13-15-4-7-16(26)11-20(15)28)25(36)30-23(32)19-10-17(27)12-21(29)22(19)34-2/h4-12H,3,13H2,1-2H3,(H,30,32,36). The largest absolute Gasteiger partial charge is 0.494 e. The fourth-order valence-corrected chi connectivity index (χ4v) is 4.56. The van der Waals surface area contributed by atoms with Crippen LogP contribution in [0.1, 0.15) is 33.2 Å². The summed E-state index contributed by atoms with van der Waals surface area (Å²) in [5, 5.41) is 4.10. The topological polar surface area (TPSA) is 67.9 Å². The zero-order valence-electron chi connectivity index (χ0n) is 19.1. The summed E-state index contributed by atoms with van der Waals surface area (Å²) in [5.74, 6) is -0.860. The number of amides is 1. The molecule has 0 aliphatic rings. The molecule has 3 aromatic rings. The molecule has 0 saturated heterocycles. The molecule has 1 N–H and O–H groups in total. The molecule has 0 unspecified atom stereocenters. The molecular weight excluding hydrogens is 566 g/mol. The molecule has 1 amide bonds. The number of carbonyl (C=O) groups is 2. The van der Waals surface area contributed by atoms with Gasteiger partial charge in [-0.3, -0.25) is 10.1 Å². The van der Waals surface area contributed by atoms with Gasteiger partial charge in [0.15, 0.2) is 5.11 Å². The first-order valence-corrected chi connectivity index (χ1v) is 12.4. The molecule has 0 aliphatic carbocycles. The van der Waals surface area contributed by atoms with Gasteiger partial charge in [0.1, 0.15) is 5.75 Å². The number of anilines is 1. The minimum atomic E-state index is -0.573. The van der Waals surface area contributed by atoms with Gasteiger partial charge in [-0.25, -0.2) is 4.79 Å². The van der Waals surface area contributed by atoms with E-state index in [1.807, 2.05) is 0 Å². The second-order valence-corrected chi connectivity index (χ2v) is 9.39. The maximum Gasteiger partial charge on any atom is 0.338 e. The number of hydrogen-bond donors (Lipinski definition) is 1. The third-order valence-corrected chi connectivity index (χ3v) is 6.36. The molecular formula is C25H20Cl4N2O4S. The van der Waals surface area contributed by atoms with E-state index >= 15 is 0 Å². The van der Waals surface area contributed by atoms with Gasteiger partial charge in [-0.2, -0.15) is 0 Å². The fraction of sp³-hybridized carbons (Fsp3) is 0.160. The highest BCUT2D eigenvalue weighted by Gasteiger charge is 2.22. The molecule has 0 atom stereocenters. The van der Waals surface area contributed by atoms with E-state index in [1.165, 1.54) is 19.2 Å². The van der Waals surface area contributed by atoms with Crippen molar-refractivity contribution in [1.29, 1.82) is 0 Å². The van der Waals surface area contributed by atoms with Crippen LogP contribution in [0.15, 0.2) is 54.6 Å². The Balaban J connectivity index is 1.95. The van der Waals surface area contributed by atoms with Crippen molar-refractivity contribution < 1.29 is 19.1 Å². The quantitative estimate of drug-likeness (QED) is 0.233. The summed E-state index contributed by atoms with van der Waals surface area (Å²) in [6.07, 6.45) is 0. The van der Waals surface area contributed by atoms with E-state index in [2.05, 4.69) is 5.32 Å². The molecule has 0 saturated carbocycles. The molecule has 36 heavy (non-hydrogen) atoms. The number of rotatable bonds is 7. The number of nitrogens with one attached hydrogen (secondary N) is 1. The monoisotopic (exact) mass is 584 g/mol. The normalized spacial score (nSPS) is 10.5. The van der Waals surface area contributed by atoms with Crippen LogP contribution in [0.5, 0.6) is 5.75 Å². The Labute approximate surface area is 234 Å². The van der Waals surface area contributed by atoms with Crippen molar-refractivity contribution in [3.8, 4) is 5.75 Å². The van der Waals surface area contributed by atoms with Crippen LogP contribution in [-0.2, 0) is 11.3 Å². The van der Waals surface area contributed by atoms with Crippen molar-refractivity contribution in [2.45, 2.75) is 13.5 Å². The molecule has 0 radical (unpaired) electrons. The average Bonchev–Trinajstić information content (AvgIpc) is 2.83. The maximum atomic E-state index is 13.1. The van der Waals surface area contributed by atoms with Gasteiger partial charge >= 0.3 is 5.97 Å². The molecule has 0 aromatic heterocycles. The van der Waals surface area contributed by atoms with Gasteiger partial charge < -0.3 is 14.4 Å². The van der Waals surface area contributed by atoms with Gasteiger partial charge in [0.05, 0.1) is 36.4 Å². The van der Waals surface area contributed by atoms with Crippen LogP contribution in [0, 0.1) is 0 Å². The van der Waals surface area contributed by atoms with E-state index in [-0.39, 0.29) is 39.6 Å². The lowest BCUT2D eigenvalue weighted by Gasteiger charge is -2.26. The molecule has 11 heteroatoms. The Morgan fingerprint density at radius 2 is 1.61 bits per heavy atom. The van der Waals surface area contributed by atoms with Gasteiger partial charge in [0, 0.05) is 20.8 Å². The summed E-state index contributed by atoms with van der Waals surface area (Å²) in [6.45, 7) is 2.18. The number of nitrogens with zero attached hydrogens (tertiary/aromatic N) is 1. The SMILES string of the molecule is CCOC(=O)c1ccc(N(Cc2ccc(Cl)cc2Cl)C(=S)NC(=O)c2cc(Cl)cc(Cl)c2OC)cc1. The first kappa shape index (κ1) is 28.0. The predicted molar refractivity (Wildman–Crippen MR) is 148 cm³/mol. The van der Waals surface area contributed by atoms with E-state index < -0.39 is 11.9 Å². The highest BCUT2D eigenvalue weighted by molar-refractivity contribution is 7.80. The van der Waals surface area contributed by atoms with Crippen LogP contribution in [0.2, 0.25) is 20.1 Å². The van der Waals surface area contributed by atoms with E-state index in [1.54, 1.807) is 54.3 Å². The van der Waals surface area contributed by atoms with Gasteiger partial charge in [0.25, 0.3) is 5.91 Å². The van der Waals surface area contributed by atoms with Crippen LogP contribution < -0.4 is 15.0 Å². The van der Waals surface area contributed by atoms with E-state index in [0.717, 1.165) is 0 Å². The van der Waals surface area contributed by atoms with Crippen molar-refractivity contribution in [2.75, 3.05) is 18.6 Å². The fourth-order valence-electron chi connectivity index (χ4n) is 3.26. The number of benzene rings is 3. The van der Waals surface area contributed by atoms with Gasteiger partial charge in [-0.15, -0.1) is 0 Å². The zero-order valence-corrected chi connectivity index (χ0v) is 23.0. The highest BCUT2D eigenvalue weighted by atomic mass is 35.5. The van der Waals surface area contributed by atoms with E-state index in [0.29, 0.717) is 26.9 Å². The summed E-state index contributed by atoms with van der Waals surface area (Å²) in [5.41, 5.74) is 1.78. The molecule has 0 heterocycles. The van der Waals surface area contributed by atoms with Gasteiger partial charge in [-0.1, -0.05) is 52.5 Å². The van der Waals surface area contributed by atoms with Gasteiger partial charge in [0.2, 0.25) is 0 Å². The third kappa shape index (κ3) is 6.81. The summed E-state index contributed by atoms with van der Waals surface area (Å²) in [4.78, 5) is 26.8. The number of esters is 1. The molecule has 6 nitrogen and oxygen atoms in total. The Morgan fingerprint density at radius 3 is 2.22 bits per heavy atom. The second-order valence-electron chi connectivity index (χ2n) is 7.32. The lowest BCUT2D eigenvalue weighted by molar-refractivity contribution is 0.0526. The van der Waals surface area contributed by atoms with Crippen LogP contribution in [-0.4, -0.2) is 30.7 Å². The van der Waals surface area contributed by atoms with Gasteiger partial charge in [-0.05, 0) is 73.2 Å². The number of methoxy groups -OCH3 is 1. The Kier molecular flexibility index (Phi) is 9.82. The van der Waals surface area contributed by atoms with Crippen LogP contribution in [0.3, 0.4) is 0 Å². The number of carbonyl (C=O) groups excluding carboxylic acids is 2. The van der Waals surface area contributed by atoms with Crippen molar-refractivity contribution in [2.24, 2.45) is 0 Å². The summed E-state index contributed by atoms with van der Waals surface area (Å²) in [6, 6.07) is 14.6. The predicted octanol–water partition coefficient (Wildman–Crippen LogP) is 7.21. The minimum absolute atomic E-state index is 0.0630. The smallest absolute Gasteiger partial charge is 0.338 e. The van der Waals surface area contributed by atoms with Crippen molar-refractivity contribution in [3.63, 3.8) is 0 Å². The van der Waals surface area contributed by atoms with Crippen molar-refractivity contribution in [3.05, 3.63) is 91.4 Å². The minimum Gasteiger partial charge on any atom is -0.494 e. The number of halogens is 4. The molecule has 0 fully saturated rings.